The van der Waals surface area contributed by atoms with Crippen molar-refractivity contribution >= 4 is 9.84 Å². The van der Waals surface area contributed by atoms with Gasteiger partial charge in [0.1, 0.15) is 0 Å². The molecule has 1 N–H and O–H groups in total. The Morgan fingerprint density at radius 3 is 2.44 bits per heavy atom. The summed E-state index contributed by atoms with van der Waals surface area (Å²) >= 11 is 0. The lowest BCUT2D eigenvalue weighted by atomic mass is 10.3. The van der Waals surface area contributed by atoms with Crippen LogP contribution in [0.1, 0.15) is 33.1 Å². The Balaban J connectivity index is 3.27. The van der Waals surface area contributed by atoms with Gasteiger partial charge < -0.3 is 10.1 Å². The molecule has 0 rings (SSSR count). The number of sulfone groups is 1. The molecule has 0 aliphatic heterocycles. The molecule has 16 heavy (non-hydrogen) atoms. The Morgan fingerprint density at radius 2 is 1.81 bits per heavy atom. The third kappa shape index (κ3) is 10.4. The van der Waals surface area contributed by atoms with Gasteiger partial charge in [0.25, 0.3) is 0 Å². The number of hydrogen-bond donors (Lipinski definition) is 1. The summed E-state index contributed by atoms with van der Waals surface area (Å²) in [6.07, 6.45) is 2.77. The molecule has 0 amide bonds. The van der Waals surface area contributed by atoms with Crippen molar-refractivity contribution in [1.29, 1.82) is 0 Å². The molecule has 98 valence electrons. The van der Waals surface area contributed by atoms with Crippen LogP contribution in [0.4, 0.5) is 0 Å². The van der Waals surface area contributed by atoms with E-state index in [0.717, 1.165) is 32.6 Å². The molecule has 0 saturated carbocycles. The standard InChI is InChI=1S/C11H25NO3S/c1-3-10-16(13,14)11-8-12-7-5-6-9-15-4-2/h12H,3-11H2,1-2H3. The Hall–Kier alpha value is -0.130. The molecule has 0 atom stereocenters. The lowest BCUT2D eigenvalue weighted by Gasteiger charge is -2.05. The van der Waals surface area contributed by atoms with Crippen LogP contribution >= 0.6 is 0 Å². The SMILES string of the molecule is CCCS(=O)(=O)CCNCCCCOCC. The number of hydrogen-bond acceptors (Lipinski definition) is 4. The second-order valence-corrected chi connectivity index (χ2v) is 6.11. The van der Waals surface area contributed by atoms with Crippen LogP contribution in [0.2, 0.25) is 0 Å². The van der Waals surface area contributed by atoms with Crippen molar-refractivity contribution in [2.75, 3.05) is 37.8 Å². The molecule has 0 aromatic carbocycles. The minimum Gasteiger partial charge on any atom is -0.382 e. The predicted molar refractivity (Wildman–Crippen MR) is 67.5 cm³/mol. The Morgan fingerprint density at radius 1 is 1.06 bits per heavy atom. The maximum atomic E-state index is 11.3. The van der Waals surface area contributed by atoms with Gasteiger partial charge in [-0.25, -0.2) is 8.42 Å². The van der Waals surface area contributed by atoms with Crippen LogP contribution in [0.3, 0.4) is 0 Å². The van der Waals surface area contributed by atoms with Gasteiger partial charge in [0.15, 0.2) is 9.84 Å². The number of unbranched alkanes of at least 4 members (excludes halogenated alkanes) is 1. The highest BCUT2D eigenvalue weighted by atomic mass is 32.2. The van der Waals surface area contributed by atoms with Gasteiger partial charge in [-0.2, -0.15) is 0 Å². The summed E-state index contributed by atoms with van der Waals surface area (Å²) in [6, 6.07) is 0. The Labute approximate surface area is 99.7 Å². The average molecular weight is 251 g/mol. The van der Waals surface area contributed by atoms with Gasteiger partial charge in [0.05, 0.1) is 5.75 Å². The molecule has 5 heteroatoms. The first-order valence-corrected chi connectivity index (χ1v) is 7.93. The van der Waals surface area contributed by atoms with Crippen molar-refractivity contribution in [3.05, 3.63) is 0 Å². The van der Waals surface area contributed by atoms with E-state index in [2.05, 4.69) is 5.32 Å². The van der Waals surface area contributed by atoms with E-state index in [1.807, 2.05) is 13.8 Å². The molecule has 0 aromatic heterocycles. The van der Waals surface area contributed by atoms with Gasteiger partial charge in [-0.15, -0.1) is 0 Å². The lowest BCUT2D eigenvalue weighted by Crippen LogP contribution is -2.25. The van der Waals surface area contributed by atoms with E-state index in [4.69, 9.17) is 4.74 Å². The molecule has 0 aliphatic carbocycles. The van der Waals surface area contributed by atoms with E-state index in [9.17, 15) is 8.42 Å². The van der Waals surface area contributed by atoms with Gasteiger partial charge in [0.2, 0.25) is 0 Å². The summed E-state index contributed by atoms with van der Waals surface area (Å²) < 4.78 is 27.9. The van der Waals surface area contributed by atoms with Crippen molar-refractivity contribution in [3.63, 3.8) is 0 Å². The molecule has 0 fully saturated rings. The summed E-state index contributed by atoms with van der Waals surface area (Å²) in [5, 5.41) is 3.14. The maximum Gasteiger partial charge on any atom is 0.151 e. The first kappa shape index (κ1) is 15.9. The zero-order chi connectivity index (χ0) is 12.3. The lowest BCUT2D eigenvalue weighted by molar-refractivity contribution is 0.143. The molecule has 0 aliphatic rings. The molecular formula is C11H25NO3S. The fourth-order valence-corrected chi connectivity index (χ4v) is 2.65. The molecule has 0 spiro atoms. The minimum atomic E-state index is -2.82. The van der Waals surface area contributed by atoms with Crippen molar-refractivity contribution in [2.45, 2.75) is 33.1 Å². The smallest absolute Gasteiger partial charge is 0.151 e. The van der Waals surface area contributed by atoms with Crippen molar-refractivity contribution in [2.24, 2.45) is 0 Å². The quantitative estimate of drug-likeness (QED) is 0.561. The highest BCUT2D eigenvalue weighted by Crippen LogP contribution is 1.93. The fourth-order valence-electron chi connectivity index (χ4n) is 1.36. The first-order chi connectivity index (χ1) is 7.62. The molecule has 0 saturated heterocycles. The summed E-state index contributed by atoms with van der Waals surface area (Å²) in [5.41, 5.74) is 0. The van der Waals surface area contributed by atoms with Crippen LogP contribution < -0.4 is 5.32 Å². The van der Waals surface area contributed by atoms with Gasteiger partial charge in [-0.3, -0.25) is 0 Å². The average Bonchev–Trinajstić information content (AvgIpc) is 2.22. The highest BCUT2D eigenvalue weighted by molar-refractivity contribution is 7.91. The highest BCUT2D eigenvalue weighted by Gasteiger charge is 2.07. The summed E-state index contributed by atoms with van der Waals surface area (Å²) in [4.78, 5) is 0. The van der Waals surface area contributed by atoms with Gasteiger partial charge in [0, 0.05) is 25.5 Å². The van der Waals surface area contributed by atoms with Crippen LogP contribution in [0.5, 0.6) is 0 Å². The number of nitrogens with one attached hydrogen (secondary N) is 1. The zero-order valence-corrected chi connectivity index (χ0v) is 11.3. The van der Waals surface area contributed by atoms with Crippen LogP contribution in [-0.2, 0) is 14.6 Å². The Kier molecular flexibility index (Phi) is 9.97. The number of rotatable bonds is 11. The molecule has 0 bridgehead atoms. The normalized spacial score (nSPS) is 11.9. The fraction of sp³-hybridized carbons (Fsp3) is 1.00. The predicted octanol–water partition coefficient (Wildman–Crippen LogP) is 1.22. The van der Waals surface area contributed by atoms with Crippen LogP contribution in [0.15, 0.2) is 0 Å². The molecule has 0 heterocycles. The maximum absolute atomic E-state index is 11.3. The minimum absolute atomic E-state index is 0.256. The summed E-state index contributed by atoms with van der Waals surface area (Å²) in [5.74, 6) is 0.561. The van der Waals surface area contributed by atoms with E-state index in [0.29, 0.717) is 18.7 Å². The molecule has 4 nitrogen and oxygen atoms in total. The Bertz CT molecular complexity index is 240. The molecular weight excluding hydrogens is 226 g/mol. The van der Waals surface area contributed by atoms with E-state index >= 15 is 0 Å². The molecule has 0 radical (unpaired) electrons. The van der Waals surface area contributed by atoms with E-state index in [1.54, 1.807) is 0 Å². The van der Waals surface area contributed by atoms with E-state index in [1.165, 1.54) is 0 Å². The molecule has 0 aromatic rings. The summed E-state index contributed by atoms with van der Waals surface area (Å²) in [6.45, 7) is 6.87. The van der Waals surface area contributed by atoms with Gasteiger partial charge in [-0.1, -0.05) is 6.92 Å². The largest absolute Gasteiger partial charge is 0.382 e. The van der Waals surface area contributed by atoms with Crippen LogP contribution in [0, 0.1) is 0 Å². The zero-order valence-electron chi connectivity index (χ0n) is 10.5. The third-order valence-corrected chi connectivity index (χ3v) is 4.06. The summed E-state index contributed by atoms with van der Waals surface area (Å²) in [7, 11) is -2.82. The van der Waals surface area contributed by atoms with Crippen molar-refractivity contribution in [1.82, 2.24) is 5.32 Å². The van der Waals surface area contributed by atoms with E-state index < -0.39 is 9.84 Å². The monoisotopic (exact) mass is 251 g/mol. The van der Waals surface area contributed by atoms with Crippen molar-refractivity contribution in [3.8, 4) is 0 Å². The van der Waals surface area contributed by atoms with Gasteiger partial charge in [-0.05, 0) is 32.7 Å². The topological polar surface area (TPSA) is 55.4 Å². The second kappa shape index (κ2) is 10.1. The third-order valence-electron chi connectivity index (χ3n) is 2.20. The van der Waals surface area contributed by atoms with Crippen molar-refractivity contribution < 1.29 is 13.2 Å². The molecule has 0 unspecified atom stereocenters. The number of ether oxygens (including phenoxy) is 1. The van der Waals surface area contributed by atoms with E-state index in [-0.39, 0.29) is 5.75 Å². The van der Waals surface area contributed by atoms with Gasteiger partial charge >= 0.3 is 0 Å². The second-order valence-electron chi connectivity index (χ2n) is 3.81. The van der Waals surface area contributed by atoms with Crippen LogP contribution in [0.25, 0.3) is 0 Å². The van der Waals surface area contributed by atoms with Crippen LogP contribution in [-0.4, -0.2) is 46.2 Å². The first-order valence-electron chi connectivity index (χ1n) is 6.11.